The van der Waals surface area contributed by atoms with Gasteiger partial charge in [0, 0.05) is 65.6 Å². The average molecular weight is 213 g/mol. The van der Waals surface area contributed by atoms with Crippen LogP contribution < -0.4 is 5.32 Å². The molecule has 0 saturated carbocycles. The van der Waals surface area contributed by atoms with Gasteiger partial charge in [-0.25, -0.2) is 0 Å². The van der Waals surface area contributed by atoms with Gasteiger partial charge in [0.1, 0.15) is 0 Å². The molecule has 4 heteroatoms. The molecule has 0 bridgehead atoms. The Morgan fingerprint density at radius 3 is 2.67 bits per heavy atom. The van der Waals surface area contributed by atoms with Crippen LogP contribution in [0.4, 0.5) is 0 Å². The van der Waals surface area contributed by atoms with Crippen molar-refractivity contribution in [2.75, 3.05) is 59.5 Å². The highest BCUT2D eigenvalue weighted by Crippen LogP contribution is 2.15. The van der Waals surface area contributed by atoms with Crippen LogP contribution in [0.2, 0.25) is 0 Å². The Bertz CT molecular complexity index is 177. The van der Waals surface area contributed by atoms with Gasteiger partial charge in [-0.1, -0.05) is 0 Å². The van der Waals surface area contributed by atoms with Crippen molar-refractivity contribution in [1.29, 1.82) is 0 Å². The third kappa shape index (κ3) is 3.14. The van der Waals surface area contributed by atoms with Gasteiger partial charge in [-0.3, -0.25) is 4.90 Å². The van der Waals surface area contributed by atoms with Gasteiger partial charge in [0.2, 0.25) is 0 Å². The van der Waals surface area contributed by atoms with Gasteiger partial charge in [0.05, 0.1) is 0 Å². The Labute approximate surface area is 92.6 Å². The van der Waals surface area contributed by atoms with Gasteiger partial charge in [0.25, 0.3) is 0 Å². The van der Waals surface area contributed by atoms with E-state index in [2.05, 4.69) is 15.1 Å². The maximum absolute atomic E-state index is 5.06. The van der Waals surface area contributed by atoms with Crippen LogP contribution >= 0.6 is 0 Å². The van der Waals surface area contributed by atoms with Gasteiger partial charge < -0.3 is 15.0 Å². The first-order valence-corrected chi connectivity index (χ1v) is 6.06. The minimum atomic E-state index is 0.828. The number of hydrogen-bond donors (Lipinski definition) is 1. The summed E-state index contributed by atoms with van der Waals surface area (Å²) in [4.78, 5) is 5.16. The van der Waals surface area contributed by atoms with Crippen LogP contribution in [0.5, 0.6) is 0 Å². The molecule has 2 heterocycles. The highest BCUT2D eigenvalue weighted by Gasteiger charge is 2.31. The van der Waals surface area contributed by atoms with E-state index in [1.165, 1.54) is 52.2 Å². The van der Waals surface area contributed by atoms with E-state index < -0.39 is 0 Å². The summed E-state index contributed by atoms with van der Waals surface area (Å²) in [5.74, 6) is 0. The topological polar surface area (TPSA) is 27.7 Å². The molecule has 2 aliphatic rings. The molecule has 0 aromatic carbocycles. The standard InChI is InChI=1S/C11H23N3O/c1-15-8-2-5-13-9-11(10-13)14-6-3-12-4-7-14/h11-12H,2-10H2,1H3. The molecule has 2 fully saturated rings. The van der Waals surface area contributed by atoms with E-state index in [0.717, 1.165) is 12.6 Å². The Hall–Kier alpha value is -0.160. The predicted octanol–water partition coefficient (Wildman–Crippen LogP) is -0.388. The Morgan fingerprint density at radius 1 is 1.27 bits per heavy atom. The fourth-order valence-corrected chi connectivity index (χ4v) is 2.44. The van der Waals surface area contributed by atoms with Gasteiger partial charge in [-0.15, -0.1) is 0 Å². The zero-order valence-corrected chi connectivity index (χ0v) is 9.74. The normalized spacial score (nSPS) is 25.4. The molecule has 1 N–H and O–H groups in total. The average Bonchev–Trinajstić information content (AvgIpc) is 2.23. The van der Waals surface area contributed by atoms with E-state index in [0.29, 0.717) is 0 Å². The Balaban J connectivity index is 1.56. The van der Waals surface area contributed by atoms with E-state index in [4.69, 9.17) is 4.74 Å². The largest absolute Gasteiger partial charge is 0.385 e. The van der Waals surface area contributed by atoms with Gasteiger partial charge >= 0.3 is 0 Å². The number of piperazine rings is 1. The fourth-order valence-electron chi connectivity index (χ4n) is 2.44. The van der Waals surface area contributed by atoms with Gasteiger partial charge in [-0.2, -0.15) is 0 Å². The molecular weight excluding hydrogens is 190 g/mol. The maximum atomic E-state index is 5.06. The molecule has 0 amide bonds. The molecule has 0 aromatic heterocycles. The summed E-state index contributed by atoms with van der Waals surface area (Å²) in [6.07, 6.45) is 1.17. The third-order valence-corrected chi connectivity index (χ3v) is 3.43. The van der Waals surface area contributed by atoms with Crippen molar-refractivity contribution in [2.45, 2.75) is 12.5 Å². The number of hydrogen-bond acceptors (Lipinski definition) is 4. The zero-order valence-electron chi connectivity index (χ0n) is 9.74. The van der Waals surface area contributed by atoms with E-state index in [-0.39, 0.29) is 0 Å². The summed E-state index contributed by atoms with van der Waals surface area (Å²) in [5.41, 5.74) is 0. The van der Waals surface area contributed by atoms with E-state index in [9.17, 15) is 0 Å². The second-order valence-electron chi connectivity index (χ2n) is 4.55. The molecule has 0 radical (unpaired) electrons. The van der Waals surface area contributed by atoms with Crippen LogP contribution in [0.3, 0.4) is 0 Å². The summed E-state index contributed by atoms with van der Waals surface area (Å²) < 4.78 is 5.06. The van der Waals surface area contributed by atoms with Crippen LogP contribution in [0.15, 0.2) is 0 Å². The number of nitrogens with one attached hydrogen (secondary N) is 1. The van der Waals surface area contributed by atoms with Crippen molar-refractivity contribution in [3.63, 3.8) is 0 Å². The van der Waals surface area contributed by atoms with Gasteiger partial charge in [-0.05, 0) is 6.42 Å². The fraction of sp³-hybridized carbons (Fsp3) is 1.00. The maximum Gasteiger partial charge on any atom is 0.0474 e. The smallest absolute Gasteiger partial charge is 0.0474 e. The molecule has 88 valence electrons. The van der Waals surface area contributed by atoms with Crippen molar-refractivity contribution >= 4 is 0 Å². The van der Waals surface area contributed by atoms with Crippen LogP contribution in [-0.2, 0) is 4.74 Å². The zero-order chi connectivity index (χ0) is 10.5. The summed E-state index contributed by atoms with van der Waals surface area (Å²) in [5, 5.41) is 3.40. The van der Waals surface area contributed by atoms with Crippen LogP contribution in [0, 0.1) is 0 Å². The second-order valence-corrected chi connectivity index (χ2v) is 4.55. The molecule has 2 rings (SSSR count). The summed E-state index contributed by atoms with van der Waals surface area (Å²) in [6.45, 7) is 9.44. The molecule has 15 heavy (non-hydrogen) atoms. The minimum absolute atomic E-state index is 0.828. The first-order chi connectivity index (χ1) is 7.40. The van der Waals surface area contributed by atoms with Gasteiger partial charge in [0.15, 0.2) is 0 Å². The lowest BCUT2D eigenvalue weighted by molar-refractivity contribution is 0.0227. The Morgan fingerprint density at radius 2 is 2.00 bits per heavy atom. The second kappa shape index (κ2) is 5.80. The third-order valence-electron chi connectivity index (χ3n) is 3.43. The lowest BCUT2D eigenvalue weighted by atomic mass is 10.1. The Kier molecular flexibility index (Phi) is 4.38. The quantitative estimate of drug-likeness (QED) is 0.630. The molecule has 0 atom stereocenters. The molecule has 0 aromatic rings. The first kappa shape index (κ1) is 11.3. The number of ether oxygens (including phenoxy) is 1. The molecular formula is C11H23N3O. The molecule has 0 aliphatic carbocycles. The van der Waals surface area contributed by atoms with Crippen molar-refractivity contribution in [3.8, 4) is 0 Å². The predicted molar refractivity (Wildman–Crippen MR) is 61.2 cm³/mol. The van der Waals surface area contributed by atoms with Crippen molar-refractivity contribution in [2.24, 2.45) is 0 Å². The summed E-state index contributed by atoms with van der Waals surface area (Å²) in [6, 6.07) is 0.828. The van der Waals surface area contributed by atoms with Crippen molar-refractivity contribution < 1.29 is 4.74 Å². The monoisotopic (exact) mass is 213 g/mol. The molecule has 2 aliphatic heterocycles. The van der Waals surface area contributed by atoms with E-state index >= 15 is 0 Å². The molecule has 4 nitrogen and oxygen atoms in total. The van der Waals surface area contributed by atoms with E-state index in [1.54, 1.807) is 7.11 Å². The highest BCUT2D eigenvalue weighted by atomic mass is 16.5. The minimum Gasteiger partial charge on any atom is -0.385 e. The molecule has 2 saturated heterocycles. The lowest BCUT2D eigenvalue weighted by Gasteiger charge is -2.46. The van der Waals surface area contributed by atoms with E-state index in [1.807, 2.05) is 0 Å². The summed E-state index contributed by atoms with van der Waals surface area (Å²) >= 11 is 0. The highest BCUT2D eigenvalue weighted by molar-refractivity contribution is 4.89. The van der Waals surface area contributed by atoms with Crippen molar-refractivity contribution in [1.82, 2.24) is 15.1 Å². The number of nitrogens with zero attached hydrogens (tertiary/aromatic N) is 2. The van der Waals surface area contributed by atoms with Crippen LogP contribution in [0.1, 0.15) is 6.42 Å². The van der Waals surface area contributed by atoms with Crippen molar-refractivity contribution in [3.05, 3.63) is 0 Å². The SMILES string of the molecule is COCCCN1CC(N2CCNCC2)C1. The summed E-state index contributed by atoms with van der Waals surface area (Å²) in [7, 11) is 1.78. The van der Waals surface area contributed by atoms with Crippen LogP contribution in [-0.4, -0.2) is 75.4 Å². The molecule has 0 spiro atoms. The first-order valence-electron chi connectivity index (χ1n) is 6.06. The van der Waals surface area contributed by atoms with Crippen LogP contribution in [0.25, 0.3) is 0 Å². The molecule has 0 unspecified atom stereocenters. The lowest BCUT2D eigenvalue weighted by Crippen LogP contribution is -2.62. The number of likely N-dealkylation sites (tertiary alicyclic amines) is 1. The number of rotatable bonds is 5. The number of methoxy groups -OCH3 is 1.